The highest BCUT2D eigenvalue weighted by Crippen LogP contribution is 2.17. The Balaban J connectivity index is 3.45. The lowest BCUT2D eigenvalue weighted by atomic mass is 10.0. The van der Waals surface area contributed by atoms with Crippen molar-refractivity contribution in [1.82, 2.24) is 5.32 Å². The Morgan fingerprint density at radius 2 is 0.725 bits per heavy atom. The predicted octanol–water partition coefficient (Wildman–Crippen LogP) is 19.0. The van der Waals surface area contributed by atoms with E-state index in [1.54, 1.807) is 0 Å². The molecule has 6 heteroatoms. The molecule has 404 valence electrons. The van der Waals surface area contributed by atoms with Crippen LogP contribution in [0.4, 0.5) is 0 Å². The molecule has 0 aliphatic carbocycles. The zero-order valence-electron chi connectivity index (χ0n) is 46.0. The summed E-state index contributed by atoms with van der Waals surface area (Å²) in [4.78, 5) is 24.5. The highest BCUT2D eigenvalue weighted by Gasteiger charge is 2.20. The number of aliphatic hydroxyl groups is 2. The third-order valence-corrected chi connectivity index (χ3v) is 13.9. The molecule has 0 heterocycles. The normalized spacial score (nSPS) is 12.9. The summed E-state index contributed by atoms with van der Waals surface area (Å²) in [7, 11) is 0. The van der Waals surface area contributed by atoms with Gasteiger partial charge < -0.3 is 20.3 Å². The molecule has 0 bridgehead atoms. The van der Waals surface area contributed by atoms with Gasteiger partial charge >= 0.3 is 5.97 Å². The number of ether oxygens (including phenoxy) is 1. The van der Waals surface area contributed by atoms with Crippen LogP contribution in [0.15, 0.2) is 48.6 Å². The van der Waals surface area contributed by atoms with Gasteiger partial charge in [0.2, 0.25) is 5.91 Å². The number of aliphatic hydroxyl groups excluding tert-OH is 2. The molecule has 0 aromatic heterocycles. The minimum atomic E-state index is -0.668. The van der Waals surface area contributed by atoms with Crippen LogP contribution >= 0.6 is 0 Å². The molecule has 0 aromatic rings. The van der Waals surface area contributed by atoms with Crippen LogP contribution in [-0.4, -0.2) is 47.4 Å². The molecule has 2 unspecified atom stereocenters. The smallest absolute Gasteiger partial charge is 0.305 e. The lowest BCUT2D eigenvalue weighted by Crippen LogP contribution is -2.45. The van der Waals surface area contributed by atoms with E-state index in [4.69, 9.17) is 4.74 Å². The summed E-state index contributed by atoms with van der Waals surface area (Å²) < 4.78 is 5.42. The maximum atomic E-state index is 12.5. The molecule has 0 saturated heterocycles. The van der Waals surface area contributed by atoms with Gasteiger partial charge in [-0.15, -0.1) is 0 Å². The third-order valence-electron chi connectivity index (χ3n) is 13.9. The Kier molecular flexibility index (Phi) is 56.5. The van der Waals surface area contributed by atoms with Gasteiger partial charge in [-0.25, -0.2) is 0 Å². The third kappa shape index (κ3) is 55.0. The number of nitrogens with one attached hydrogen (secondary N) is 1. The molecule has 0 aliphatic rings. The molecular formula is C63H117NO5. The fraction of sp³-hybridized carbons (Fsp3) is 0.841. The Morgan fingerprint density at radius 3 is 1.12 bits per heavy atom. The van der Waals surface area contributed by atoms with Crippen molar-refractivity contribution in [1.29, 1.82) is 0 Å². The van der Waals surface area contributed by atoms with Crippen LogP contribution in [0.1, 0.15) is 316 Å². The zero-order chi connectivity index (χ0) is 50.0. The molecule has 0 saturated carbocycles. The molecule has 0 radical (unpaired) electrons. The summed E-state index contributed by atoms with van der Waals surface area (Å²) in [6, 6.07) is -0.546. The lowest BCUT2D eigenvalue weighted by molar-refractivity contribution is -0.143. The van der Waals surface area contributed by atoms with Gasteiger partial charge in [-0.2, -0.15) is 0 Å². The second-order valence-electron chi connectivity index (χ2n) is 20.7. The topological polar surface area (TPSA) is 95.9 Å². The number of hydrogen-bond donors (Lipinski definition) is 3. The molecule has 1 amide bonds. The average molecular weight is 969 g/mol. The van der Waals surface area contributed by atoms with Gasteiger partial charge in [0.25, 0.3) is 0 Å². The second-order valence-corrected chi connectivity index (χ2v) is 20.7. The summed E-state index contributed by atoms with van der Waals surface area (Å²) in [6.07, 6.45) is 74.1. The van der Waals surface area contributed by atoms with Gasteiger partial charge in [-0.3, -0.25) is 9.59 Å². The quantitative estimate of drug-likeness (QED) is 0.0321. The van der Waals surface area contributed by atoms with Gasteiger partial charge in [0, 0.05) is 12.8 Å². The van der Waals surface area contributed by atoms with E-state index < -0.39 is 12.1 Å². The average Bonchev–Trinajstić information content (AvgIpc) is 3.35. The molecule has 0 spiro atoms. The predicted molar refractivity (Wildman–Crippen MR) is 301 cm³/mol. The van der Waals surface area contributed by atoms with Crippen LogP contribution in [-0.2, 0) is 14.3 Å². The Labute approximate surface area is 429 Å². The van der Waals surface area contributed by atoms with E-state index in [1.165, 1.54) is 225 Å². The summed E-state index contributed by atoms with van der Waals surface area (Å²) in [5, 5.41) is 23.2. The number of hydrogen-bond acceptors (Lipinski definition) is 5. The SMILES string of the molecule is CCCCCC/C=C\C/C=C\CCCCCCCCCC(=O)OCC/C=C\C/C=C\CCCCCCCCCCCCCCCCC(=O)NC(CO)C(O)CCCCCCCCCCCCCCC. The summed E-state index contributed by atoms with van der Waals surface area (Å²) in [6.45, 7) is 4.83. The van der Waals surface area contributed by atoms with Crippen LogP contribution in [0.5, 0.6) is 0 Å². The van der Waals surface area contributed by atoms with Crippen molar-refractivity contribution in [3.8, 4) is 0 Å². The molecular weight excluding hydrogens is 851 g/mol. The van der Waals surface area contributed by atoms with Crippen LogP contribution in [0, 0.1) is 0 Å². The van der Waals surface area contributed by atoms with E-state index in [9.17, 15) is 19.8 Å². The molecule has 0 fully saturated rings. The van der Waals surface area contributed by atoms with Crippen molar-refractivity contribution in [3.63, 3.8) is 0 Å². The zero-order valence-corrected chi connectivity index (χ0v) is 46.0. The number of esters is 1. The van der Waals surface area contributed by atoms with Crippen molar-refractivity contribution in [3.05, 3.63) is 48.6 Å². The monoisotopic (exact) mass is 968 g/mol. The largest absolute Gasteiger partial charge is 0.465 e. The fourth-order valence-electron chi connectivity index (χ4n) is 9.21. The van der Waals surface area contributed by atoms with Gasteiger partial charge in [-0.1, -0.05) is 274 Å². The Hall–Kier alpha value is -2.18. The summed E-state index contributed by atoms with van der Waals surface area (Å²) >= 11 is 0. The van der Waals surface area contributed by atoms with E-state index in [-0.39, 0.29) is 18.5 Å². The Bertz CT molecular complexity index is 1160. The van der Waals surface area contributed by atoms with Crippen LogP contribution in [0.2, 0.25) is 0 Å². The second kappa shape index (κ2) is 58.4. The first kappa shape index (κ1) is 66.8. The highest BCUT2D eigenvalue weighted by molar-refractivity contribution is 5.76. The first-order valence-corrected chi connectivity index (χ1v) is 30.4. The van der Waals surface area contributed by atoms with Gasteiger partial charge in [0.1, 0.15) is 0 Å². The van der Waals surface area contributed by atoms with Crippen molar-refractivity contribution in [2.45, 2.75) is 328 Å². The first-order chi connectivity index (χ1) is 34.0. The van der Waals surface area contributed by atoms with E-state index in [0.29, 0.717) is 25.9 Å². The summed E-state index contributed by atoms with van der Waals surface area (Å²) in [5.41, 5.74) is 0. The number of allylic oxidation sites excluding steroid dienone is 7. The molecule has 0 aromatic carbocycles. The van der Waals surface area contributed by atoms with Crippen molar-refractivity contribution in [2.24, 2.45) is 0 Å². The number of rotatable bonds is 56. The number of amides is 1. The molecule has 6 nitrogen and oxygen atoms in total. The standard InChI is InChI=1S/C63H117NO5/c1-3-5-7-9-11-13-15-17-18-19-26-29-33-37-41-45-49-53-57-63(68)69-58-54-50-46-42-38-34-30-27-24-22-20-21-23-25-28-32-36-40-44-48-52-56-62(67)64-60(59-65)61(66)55-51-47-43-39-35-31-16-14-12-10-8-6-4-2/h13,15,18-19,34,38,46,50,60-61,65-66H,3-12,14,16-17,20-33,35-37,39-45,47-49,51-59H2,1-2H3,(H,64,67)/b15-13-,19-18-,38-34-,50-46-. The van der Waals surface area contributed by atoms with Crippen molar-refractivity contribution < 1.29 is 24.5 Å². The van der Waals surface area contributed by atoms with E-state index in [0.717, 1.165) is 57.8 Å². The van der Waals surface area contributed by atoms with Gasteiger partial charge in [-0.05, 0) is 77.0 Å². The van der Waals surface area contributed by atoms with Gasteiger partial charge in [0.15, 0.2) is 0 Å². The number of carbonyl (C=O) groups excluding carboxylic acids is 2. The summed E-state index contributed by atoms with van der Waals surface area (Å²) in [5.74, 6) is -0.0828. The van der Waals surface area contributed by atoms with E-state index >= 15 is 0 Å². The highest BCUT2D eigenvalue weighted by atomic mass is 16.5. The lowest BCUT2D eigenvalue weighted by Gasteiger charge is -2.22. The Morgan fingerprint density at radius 1 is 0.406 bits per heavy atom. The van der Waals surface area contributed by atoms with E-state index in [1.807, 2.05) is 0 Å². The molecule has 3 N–H and O–H groups in total. The fourth-order valence-corrected chi connectivity index (χ4v) is 9.21. The van der Waals surface area contributed by atoms with Crippen LogP contribution in [0.3, 0.4) is 0 Å². The van der Waals surface area contributed by atoms with Crippen molar-refractivity contribution in [2.75, 3.05) is 13.2 Å². The van der Waals surface area contributed by atoms with Gasteiger partial charge in [0.05, 0.1) is 25.4 Å². The van der Waals surface area contributed by atoms with E-state index in [2.05, 4.69) is 67.8 Å². The minimum absolute atomic E-state index is 0.0400. The van der Waals surface area contributed by atoms with Crippen LogP contribution < -0.4 is 5.32 Å². The molecule has 0 rings (SSSR count). The number of unbranched alkanes of at least 4 members (excludes halogenated alkanes) is 37. The van der Waals surface area contributed by atoms with Crippen molar-refractivity contribution >= 4 is 11.9 Å². The molecule has 69 heavy (non-hydrogen) atoms. The molecule has 0 aliphatic heterocycles. The minimum Gasteiger partial charge on any atom is -0.465 e. The maximum absolute atomic E-state index is 12.5. The first-order valence-electron chi connectivity index (χ1n) is 30.4. The number of carbonyl (C=O) groups is 2. The maximum Gasteiger partial charge on any atom is 0.305 e. The van der Waals surface area contributed by atoms with Crippen LogP contribution in [0.25, 0.3) is 0 Å². The molecule has 2 atom stereocenters.